The molecule has 6 nitrogen and oxygen atoms in total. The van der Waals surface area contributed by atoms with Crippen LogP contribution < -0.4 is 15.1 Å². The molecule has 0 bridgehead atoms. The second-order valence-corrected chi connectivity index (χ2v) is 7.02. The first-order chi connectivity index (χ1) is 13.5. The topological polar surface area (TPSA) is 65.8 Å². The average molecular weight is 399 g/mol. The number of hydrogen-bond donors (Lipinski definition) is 1. The Morgan fingerprint density at radius 1 is 1.07 bits per heavy atom. The maximum atomic E-state index is 14.2. The molecule has 0 unspecified atom stereocenters. The molecule has 0 spiro atoms. The molecular weight excluding hydrogens is 381 g/mol. The van der Waals surface area contributed by atoms with Crippen LogP contribution in [-0.4, -0.2) is 30.0 Å². The van der Waals surface area contributed by atoms with Crippen molar-refractivity contribution in [1.29, 1.82) is 0 Å². The number of carbonyl (C=O) groups excluding carboxylic acids is 2. The van der Waals surface area contributed by atoms with E-state index in [-0.39, 0.29) is 16.4 Å². The Bertz CT molecular complexity index is 979. The Morgan fingerprint density at radius 3 is 2.57 bits per heavy atom. The molecule has 144 valence electrons. The highest BCUT2D eigenvalue weighted by Gasteiger charge is 2.36. The van der Waals surface area contributed by atoms with Gasteiger partial charge in [0.15, 0.2) is 11.0 Å². The number of benzene rings is 1. The van der Waals surface area contributed by atoms with Gasteiger partial charge in [-0.05, 0) is 55.8 Å². The molecule has 28 heavy (non-hydrogen) atoms. The Balaban J connectivity index is 1.64. The minimum Gasteiger partial charge on any atom is -0.441 e. The van der Waals surface area contributed by atoms with Gasteiger partial charge in [-0.3, -0.25) is 14.9 Å². The van der Waals surface area contributed by atoms with Crippen molar-refractivity contribution in [1.82, 2.24) is 5.32 Å². The van der Waals surface area contributed by atoms with E-state index in [2.05, 4.69) is 10.2 Å². The first kappa shape index (κ1) is 18.4. The van der Waals surface area contributed by atoms with E-state index in [0.29, 0.717) is 11.6 Å². The highest BCUT2D eigenvalue weighted by Crippen LogP contribution is 2.27. The van der Waals surface area contributed by atoms with Crippen LogP contribution in [0.25, 0.3) is 6.08 Å². The highest BCUT2D eigenvalue weighted by atomic mass is 32.1. The monoisotopic (exact) mass is 399 g/mol. The van der Waals surface area contributed by atoms with Crippen molar-refractivity contribution >= 4 is 46.8 Å². The summed E-state index contributed by atoms with van der Waals surface area (Å²) in [4.78, 5) is 28.3. The highest BCUT2D eigenvalue weighted by molar-refractivity contribution is 7.80. The zero-order valence-electron chi connectivity index (χ0n) is 15.0. The van der Waals surface area contributed by atoms with Crippen molar-refractivity contribution in [2.75, 3.05) is 22.9 Å². The van der Waals surface area contributed by atoms with Crippen molar-refractivity contribution < 1.29 is 18.4 Å². The lowest BCUT2D eigenvalue weighted by atomic mass is 10.1. The summed E-state index contributed by atoms with van der Waals surface area (Å²) in [6.07, 6.45) is 4.77. The van der Waals surface area contributed by atoms with E-state index in [1.165, 1.54) is 30.7 Å². The SMILES string of the molecule is O=C1NC(=S)N(c2ccccc2F)C(=O)/C1=C\c1ccc(N2CCCCC2)o1. The smallest absolute Gasteiger partial charge is 0.270 e. The van der Waals surface area contributed by atoms with Crippen molar-refractivity contribution in [3.63, 3.8) is 0 Å². The third-order valence-electron chi connectivity index (χ3n) is 4.76. The van der Waals surface area contributed by atoms with E-state index < -0.39 is 17.6 Å². The first-order valence-corrected chi connectivity index (χ1v) is 9.46. The molecule has 8 heteroatoms. The average Bonchev–Trinajstić information content (AvgIpc) is 3.16. The normalized spacial score (nSPS) is 19.3. The Kier molecular flexibility index (Phi) is 4.95. The molecule has 1 aromatic carbocycles. The summed E-state index contributed by atoms with van der Waals surface area (Å²) in [7, 11) is 0. The van der Waals surface area contributed by atoms with Crippen LogP contribution >= 0.6 is 12.2 Å². The summed E-state index contributed by atoms with van der Waals surface area (Å²) in [5.74, 6) is -0.871. The van der Waals surface area contributed by atoms with Crippen molar-refractivity contribution in [2.24, 2.45) is 0 Å². The van der Waals surface area contributed by atoms with Gasteiger partial charge in [0.25, 0.3) is 11.8 Å². The third-order valence-corrected chi connectivity index (χ3v) is 5.05. The second-order valence-electron chi connectivity index (χ2n) is 6.63. The lowest BCUT2D eigenvalue weighted by Crippen LogP contribution is -2.54. The molecule has 0 aliphatic carbocycles. The number of nitrogens with one attached hydrogen (secondary N) is 1. The Morgan fingerprint density at radius 2 is 1.82 bits per heavy atom. The Hall–Kier alpha value is -3.00. The number of anilines is 2. The second kappa shape index (κ2) is 7.55. The maximum absolute atomic E-state index is 14.2. The number of halogens is 1. The number of piperidine rings is 1. The van der Waals surface area contributed by atoms with Gasteiger partial charge >= 0.3 is 0 Å². The predicted molar refractivity (Wildman–Crippen MR) is 107 cm³/mol. The summed E-state index contributed by atoms with van der Waals surface area (Å²) < 4.78 is 20.0. The van der Waals surface area contributed by atoms with E-state index in [1.807, 2.05) is 6.07 Å². The molecule has 3 heterocycles. The number of para-hydroxylation sites is 1. The van der Waals surface area contributed by atoms with E-state index in [0.717, 1.165) is 30.8 Å². The summed E-state index contributed by atoms with van der Waals surface area (Å²) in [5.41, 5.74) is -0.187. The van der Waals surface area contributed by atoms with Crippen LogP contribution in [0.2, 0.25) is 0 Å². The van der Waals surface area contributed by atoms with Gasteiger partial charge in [0.1, 0.15) is 17.2 Å². The van der Waals surface area contributed by atoms with Gasteiger partial charge < -0.3 is 9.32 Å². The van der Waals surface area contributed by atoms with Crippen molar-refractivity contribution in [2.45, 2.75) is 19.3 Å². The van der Waals surface area contributed by atoms with Crippen LogP contribution in [0.1, 0.15) is 25.0 Å². The lowest BCUT2D eigenvalue weighted by Gasteiger charge is -2.29. The van der Waals surface area contributed by atoms with Crippen LogP contribution in [0.5, 0.6) is 0 Å². The molecule has 2 fully saturated rings. The van der Waals surface area contributed by atoms with Gasteiger partial charge in [-0.2, -0.15) is 0 Å². The molecule has 2 aliphatic rings. The molecule has 1 aromatic heterocycles. The van der Waals surface area contributed by atoms with Crippen molar-refractivity contribution in [3.8, 4) is 0 Å². The van der Waals surface area contributed by atoms with Gasteiger partial charge in [0, 0.05) is 19.2 Å². The Labute approximate surface area is 166 Å². The quantitative estimate of drug-likeness (QED) is 0.488. The number of amides is 2. The standard InChI is InChI=1S/C20H18FN3O3S/c21-15-6-2-3-7-16(15)24-19(26)14(18(25)22-20(24)28)12-13-8-9-17(27-13)23-10-4-1-5-11-23/h2-3,6-9,12H,1,4-5,10-11H2,(H,22,25,28)/b14-12-. The van der Waals surface area contributed by atoms with E-state index >= 15 is 0 Å². The number of furan rings is 1. The zero-order chi connectivity index (χ0) is 19.7. The van der Waals surface area contributed by atoms with Gasteiger partial charge in [-0.25, -0.2) is 9.29 Å². The van der Waals surface area contributed by atoms with Crippen LogP contribution in [0.3, 0.4) is 0 Å². The summed E-state index contributed by atoms with van der Waals surface area (Å²) >= 11 is 5.08. The summed E-state index contributed by atoms with van der Waals surface area (Å²) in [6.45, 7) is 1.83. The molecule has 2 aromatic rings. The van der Waals surface area contributed by atoms with Crippen molar-refractivity contribution in [3.05, 3.63) is 53.5 Å². The van der Waals surface area contributed by atoms with E-state index in [1.54, 1.807) is 12.1 Å². The van der Waals surface area contributed by atoms with Crippen LogP contribution in [0, 0.1) is 5.82 Å². The fourth-order valence-corrected chi connectivity index (χ4v) is 3.63. The number of rotatable bonds is 3. The van der Waals surface area contributed by atoms with E-state index in [4.69, 9.17) is 16.6 Å². The molecule has 2 aliphatic heterocycles. The third kappa shape index (κ3) is 3.43. The molecular formula is C20H18FN3O3S. The zero-order valence-corrected chi connectivity index (χ0v) is 15.8. The van der Waals surface area contributed by atoms with E-state index in [9.17, 15) is 14.0 Å². The fourth-order valence-electron chi connectivity index (χ4n) is 3.36. The summed E-state index contributed by atoms with van der Waals surface area (Å²) in [6, 6.07) is 9.28. The molecule has 0 atom stereocenters. The molecule has 2 amide bonds. The molecule has 1 N–H and O–H groups in total. The molecule has 4 rings (SSSR count). The predicted octanol–water partition coefficient (Wildman–Crippen LogP) is 3.24. The first-order valence-electron chi connectivity index (χ1n) is 9.05. The minimum atomic E-state index is -0.699. The maximum Gasteiger partial charge on any atom is 0.270 e. The summed E-state index contributed by atoms with van der Waals surface area (Å²) in [5, 5.41) is 2.28. The number of nitrogens with zero attached hydrogens (tertiary/aromatic N) is 2. The van der Waals surface area contributed by atoms with Gasteiger partial charge in [0.05, 0.1) is 5.69 Å². The molecule has 0 radical (unpaired) electrons. The number of carbonyl (C=O) groups is 2. The minimum absolute atomic E-state index is 0.0168. The molecule has 2 saturated heterocycles. The lowest BCUT2D eigenvalue weighted by molar-refractivity contribution is -0.122. The largest absolute Gasteiger partial charge is 0.441 e. The van der Waals surface area contributed by atoms with Crippen LogP contribution in [-0.2, 0) is 9.59 Å². The fraction of sp³-hybridized carbons (Fsp3) is 0.250. The number of thiocarbonyl (C=S) groups is 1. The van der Waals surface area contributed by atoms with Crippen LogP contribution in [0.4, 0.5) is 16.0 Å². The number of hydrogen-bond acceptors (Lipinski definition) is 5. The van der Waals surface area contributed by atoms with Gasteiger partial charge in [-0.15, -0.1) is 0 Å². The van der Waals surface area contributed by atoms with Gasteiger partial charge in [-0.1, -0.05) is 12.1 Å². The van der Waals surface area contributed by atoms with Crippen LogP contribution in [0.15, 0.2) is 46.4 Å². The molecule has 0 saturated carbocycles. The van der Waals surface area contributed by atoms with Gasteiger partial charge in [0.2, 0.25) is 0 Å².